The van der Waals surface area contributed by atoms with Crippen molar-refractivity contribution in [1.82, 2.24) is 14.8 Å². The summed E-state index contributed by atoms with van der Waals surface area (Å²) in [6.45, 7) is 2.78. The third-order valence-corrected chi connectivity index (χ3v) is 2.80. The van der Waals surface area contributed by atoms with Gasteiger partial charge in [-0.15, -0.1) is 0 Å². The largest absolute Gasteiger partial charge is 0.479 e. The van der Waals surface area contributed by atoms with Crippen molar-refractivity contribution in [3.63, 3.8) is 0 Å². The lowest BCUT2D eigenvalue weighted by Crippen LogP contribution is -2.09. The zero-order chi connectivity index (χ0) is 15.2. The topological polar surface area (TPSA) is 100 Å². The number of aromatic nitrogens is 3. The highest BCUT2D eigenvalue weighted by molar-refractivity contribution is 5.77. The molecule has 0 unspecified atom stereocenters. The number of hydrogen-bond donors (Lipinski definition) is 0. The van der Waals surface area contributed by atoms with Crippen LogP contribution in [0.3, 0.4) is 0 Å². The van der Waals surface area contributed by atoms with Gasteiger partial charge in [-0.25, -0.2) is 9.67 Å². The number of carbonyl (C=O) groups excluding carboxylic acids is 1. The molecule has 2 aromatic rings. The van der Waals surface area contributed by atoms with E-state index in [-0.39, 0.29) is 23.6 Å². The van der Waals surface area contributed by atoms with Crippen LogP contribution in [0.5, 0.6) is 5.75 Å². The second-order valence-corrected chi connectivity index (χ2v) is 4.29. The molecule has 0 saturated carbocycles. The first kappa shape index (κ1) is 14.6. The molecule has 0 spiro atoms. The molecule has 0 amide bonds. The monoisotopic (exact) mass is 290 g/mol. The molecule has 0 aliphatic heterocycles. The first-order valence-electron chi connectivity index (χ1n) is 6.38. The summed E-state index contributed by atoms with van der Waals surface area (Å²) in [7, 11) is 0. The highest BCUT2D eigenvalue weighted by Crippen LogP contribution is 2.28. The van der Waals surface area contributed by atoms with Gasteiger partial charge in [0.1, 0.15) is 19.2 Å². The van der Waals surface area contributed by atoms with E-state index in [1.54, 1.807) is 4.68 Å². The molecule has 0 bridgehead atoms. The van der Waals surface area contributed by atoms with Gasteiger partial charge >= 0.3 is 5.69 Å². The molecule has 0 aliphatic rings. The van der Waals surface area contributed by atoms with Crippen LogP contribution < -0.4 is 4.74 Å². The van der Waals surface area contributed by atoms with E-state index in [9.17, 15) is 14.9 Å². The standard InChI is InChI=1S/C13H14N4O4/c1-2-5-16-13(14-9-15-16)8-21-12-4-3-10(7-18)6-11(12)17(19)20/h3-4,6-7,9H,2,5,8H2,1H3. The summed E-state index contributed by atoms with van der Waals surface area (Å²) < 4.78 is 7.13. The summed E-state index contributed by atoms with van der Waals surface area (Å²) in [6.07, 6.45) is 2.86. The van der Waals surface area contributed by atoms with Gasteiger partial charge in [-0.2, -0.15) is 5.10 Å². The highest BCUT2D eigenvalue weighted by atomic mass is 16.6. The molecular weight excluding hydrogens is 276 g/mol. The van der Waals surface area contributed by atoms with Crippen LogP contribution in [-0.2, 0) is 13.2 Å². The van der Waals surface area contributed by atoms with Gasteiger partial charge in [0.05, 0.1) is 4.92 Å². The zero-order valence-electron chi connectivity index (χ0n) is 11.4. The second-order valence-electron chi connectivity index (χ2n) is 4.29. The Morgan fingerprint density at radius 1 is 1.48 bits per heavy atom. The van der Waals surface area contributed by atoms with Crippen molar-refractivity contribution in [3.05, 3.63) is 46.0 Å². The smallest absolute Gasteiger partial charge is 0.311 e. The van der Waals surface area contributed by atoms with E-state index in [4.69, 9.17) is 4.74 Å². The molecule has 0 fully saturated rings. The van der Waals surface area contributed by atoms with Crippen molar-refractivity contribution in [2.45, 2.75) is 26.5 Å². The molecule has 0 aliphatic carbocycles. The van der Waals surface area contributed by atoms with E-state index < -0.39 is 4.92 Å². The Morgan fingerprint density at radius 3 is 2.95 bits per heavy atom. The summed E-state index contributed by atoms with van der Waals surface area (Å²) in [6, 6.07) is 4.05. The molecule has 1 aromatic carbocycles. The van der Waals surface area contributed by atoms with Gasteiger partial charge in [0.15, 0.2) is 11.6 Å². The molecule has 0 N–H and O–H groups in total. The molecule has 1 heterocycles. The Balaban J connectivity index is 2.17. The Hall–Kier alpha value is -2.77. The number of nitrogens with zero attached hydrogens (tertiary/aromatic N) is 4. The van der Waals surface area contributed by atoms with E-state index in [1.165, 1.54) is 24.5 Å². The van der Waals surface area contributed by atoms with Crippen molar-refractivity contribution in [2.75, 3.05) is 0 Å². The third kappa shape index (κ3) is 3.41. The molecule has 0 atom stereocenters. The van der Waals surface area contributed by atoms with Crippen molar-refractivity contribution in [3.8, 4) is 5.75 Å². The van der Waals surface area contributed by atoms with Crippen LogP contribution in [-0.4, -0.2) is 26.0 Å². The minimum atomic E-state index is -0.584. The molecule has 110 valence electrons. The van der Waals surface area contributed by atoms with E-state index in [1.807, 2.05) is 6.92 Å². The van der Waals surface area contributed by atoms with Gasteiger partial charge in [-0.1, -0.05) is 6.92 Å². The van der Waals surface area contributed by atoms with Crippen molar-refractivity contribution in [2.24, 2.45) is 0 Å². The maximum absolute atomic E-state index is 11.0. The highest BCUT2D eigenvalue weighted by Gasteiger charge is 2.17. The predicted molar refractivity (Wildman–Crippen MR) is 73.1 cm³/mol. The summed E-state index contributed by atoms with van der Waals surface area (Å²) in [4.78, 5) is 25.1. The lowest BCUT2D eigenvalue weighted by molar-refractivity contribution is -0.386. The van der Waals surface area contributed by atoms with Crippen molar-refractivity contribution < 1.29 is 14.5 Å². The molecular formula is C13H14N4O4. The van der Waals surface area contributed by atoms with E-state index in [2.05, 4.69) is 10.1 Å². The van der Waals surface area contributed by atoms with Crippen LogP contribution in [0.2, 0.25) is 0 Å². The molecule has 2 rings (SSSR count). The molecule has 0 saturated heterocycles. The van der Waals surface area contributed by atoms with Gasteiger partial charge in [0.2, 0.25) is 0 Å². The van der Waals surface area contributed by atoms with E-state index >= 15 is 0 Å². The van der Waals surface area contributed by atoms with Crippen LogP contribution in [0, 0.1) is 10.1 Å². The van der Waals surface area contributed by atoms with Gasteiger partial charge in [0, 0.05) is 18.2 Å². The van der Waals surface area contributed by atoms with Crippen LogP contribution in [0.1, 0.15) is 29.5 Å². The molecule has 0 radical (unpaired) electrons. The number of rotatable bonds is 7. The molecule has 1 aromatic heterocycles. The minimum absolute atomic E-state index is 0.0707. The Bertz CT molecular complexity index is 653. The Morgan fingerprint density at radius 2 is 2.29 bits per heavy atom. The van der Waals surface area contributed by atoms with Crippen LogP contribution in [0.15, 0.2) is 24.5 Å². The lowest BCUT2D eigenvalue weighted by atomic mass is 10.2. The van der Waals surface area contributed by atoms with Crippen LogP contribution in [0.25, 0.3) is 0 Å². The van der Waals surface area contributed by atoms with Crippen molar-refractivity contribution in [1.29, 1.82) is 0 Å². The number of nitro benzene ring substituents is 1. The molecule has 21 heavy (non-hydrogen) atoms. The average molecular weight is 290 g/mol. The van der Waals surface area contributed by atoms with E-state index in [0.29, 0.717) is 18.7 Å². The SMILES string of the molecule is CCCn1ncnc1COc1ccc(C=O)cc1[N+](=O)[O-]. The molecule has 8 nitrogen and oxygen atoms in total. The fourth-order valence-electron chi connectivity index (χ4n) is 1.81. The van der Waals surface area contributed by atoms with Gasteiger partial charge in [-0.3, -0.25) is 14.9 Å². The summed E-state index contributed by atoms with van der Waals surface area (Å²) in [5.41, 5.74) is -0.0237. The summed E-state index contributed by atoms with van der Waals surface area (Å²) in [5, 5.41) is 15.0. The van der Waals surface area contributed by atoms with Crippen molar-refractivity contribution >= 4 is 12.0 Å². The fourth-order valence-corrected chi connectivity index (χ4v) is 1.81. The average Bonchev–Trinajstić information content (AvgIpc) is 2.92. The number of aryl methyl sites for hydroxylation is 1. The fraction of sp³-hybridized carbons (Fsp3) is 0.308. The second kappa shape index (κ2) is 6.60. The van der Waals surface area contributed by atoms with Gasteiger partial charge in [-0.05, 0) is 18.6 Å². The number of carbonyl (C=O) groups is 1. The number of benzene rings is 1. The van der Waals surface area contributed by atoms with Gasteiger partial charge in [0.25, 0.3) is 0 Å². The zero-order valence-corrected chi connectivity index (χ0v) is 11.4. The van der Waals surface area contributed by atoms with Gasteiger partial charge < -0.3 is 4.74 Å². The summed E-state index contributed by atoms with van der Waals surface area (Å²) in [5.74, 6) is 0.683. The number of nitro groups is 1. The summed E-state index contributed by atoms with van der Waals surface area (Å²) >= 11 is 0. The maximum Gasteiger partial charge on any atom is 0.311 e. The first-order valence-corrected chi connectivity index (χ1v) is 6.38. The Kier molecular flexibility index (Phi) is 4.60. The normalized spacial score (nSPS) is 10.3. The molecule has 8 heteroatoms. The maximum atomic E-state index is 11.0. The Labute approximate surface area is 120 Å². The minimum Gasteiger partial charge on any atom is -0.479 e. The quantitative estimate of drug-likeness (QED) is 0.439. The van der Waals surface area contributed by atoms with E-state index in [0.717, 1.165) is 6.42 Å². The number of aldehydes is 1. The van der Waals surface area contributed by atoms with Crippen LogP contribution >= 0.6 is 0 Å². The predicted octanol–water partition coefficient (Wildman–Crippen LogP) is 1.99. The third-order valence-electron chi connectivity index (χ3n) is 2.80. The van der Waals surface area contributed by atoms with Crippen LogP contribution in [0.4, 0.5) is 5.69 Å². The number of hydrogen-bond acceptors (Lipinski definition) is 6. The number of ether oxygens (including phenoxy) is 1. The first-order chi connectivity index (χ1) is 10.2. The lowest BCUT2D eigenvalue weighted by Gasteiger charge is -2.08.